The molecule has 1 atom stereocenters. The molecule has 5 aromatic carbocycles. The van der Waals surface area contributed by atoms with E-state index in [0.29, 0.717) is 6.54 Å². The van der Waals surface area contributed by atoms with Crippen LogP contribution in [-0.4, -0.2) is 48.5 Å². The molecule has 4 heteroatoms. The lowest BCUT2D eigenvalue weighted by Gasteiger charge is -2.31. The van der Waals surface area contributed by atoms with E-state index in [9.17, 15) is 5.11 Å². The lowest BCUT2D eigenvalue weighted by molar-refractivity contribution is -1.02. The maximum atomic E-state index is 11.7. The molecule has 6 aromatic rings. The van der Waals surface area contributed by atoms with Gasteiger partial charge in [-0.15, -0.1) is 0 Å². The van der Waals surface area contributed by atoms with Crippen LogP contribution in [0.4, 0.5) is 0 Å². The summed E-state index contributed by atoms with van der Waals surface area (Å²) in [6, 6.07) is 45.4. The van der Waals surface area contributed by atoms with Crippen LogP contribution in [0.15, 0.2) is 127 Å². The highest BCUT2D eigenvalue weighted by Gasteiger charge is 2.27. The van der Waals surface area contributed by atoms with Crippen molar-refractivity contribution in [2.24, 2.45) is 0 Å². The number of nitrogens with one attached hydrogen (secondary N) is 2. The number of quaternary nitrogens is 2. The highest BCUT2D eigenvalue weighted by molar-refractivity contribution is 6.15. The molecule has 210 valence electrons. The second kappa shape index (κ2) is 11.9. The van der Waals surface area contributed by atoms with Crippen molar-refractivity contribution in [1.29, 1.82) is 0 Å². The van der Waals surface area contributed by atoms with Gasteiger partial charge in [-0.1, -0.05) is 127 Å². The van der Waals surface area contributed by atoms with Crippen molar-refractivity contribution in [2.45, 2.75) is 19.2 Å². The van der Waals surface area contributed by atoms with Gasteiger partial charge in [0, 0.05) is 21.9 Å². The lowest BCUT2D eigenvalue weighted by atomic mass is 9.97. The predicted octanol–water partition coefficient (Wildman–Crippen LogP) is 4.47. The van der Waals surface area contributed by atoms with Crippen LogP contribution >= 0.6 is 0 Å². The van der Waals surface area contributed by atoms with Gasteiger partial charge in [0.05, 0.1) is 17.8 Å². The largest absolute Gasteiger partial charge is 0.385 e. The van der Waals surface area contributed by atoms with E-state index >= 15 is 0 Å². The van der Waals surface area contributed by atoms with E-state index in [4.69, 9.17) is 0 Å². The summed E-state index contributed by atoms with van der Waals surface area (Å²) in [4.78, 5) is 3.14. The fourth-order valence-corrected chi connectivity index (χ4v) is 6.93. The first-order valence-corrected chi connectivity index (χ1v) is 15.3. The molecule has 1 aliphatic rings. The Hall–Kier alpha value is -4.22. The summed E-state index contributed by atoms with van der Waals surface area (Å²) >= 11 is 0. The topological polar surface area (TPSA) is 34.0 Å². The molecule has 1 aliphatic heterocycles. The van der Waals surface area contributed by atoms with Crippen LogP contribution in [0.5, 0.6) is 0 Å². The maximum Gasteiger partial charge on any atom is 0.127 e. The first kappa shape index (κ1) is 26.7. The molecule has 42 heavy (non-hydrogen) atoms. The highest BCUT2D eigenvalue weighted by atomic mass is 16.3. The van der Waals surface area contributed by atoms with E-state index in [0.717, 1.165) is 39.3 Å². The van der Waals surface area contributed by atoms with E-state index in [2.05, 4.69) is 132 Å². The first-order valence-electron chi connectivity index (χ1n) is 15.3. The molecule has 1 saturated heterocycles. The second-order valence-corrected chi connectivity index (χ2v) is 11.8. The molecule has 4 nitrogen and oxygen atoms in total. The summed E-state index contributed by atoms with van der Waals surface area (Å²) in [6.07, 6.45) is -0.448. The summed E-state index contributed by atoms with van der Waals surface area (Å²) in [5.74, 6) is 0. The summed E-state index contributed by atoms with van der Waals surface area (Å²) in [7, 11) is 0. The normalized spacial score (nSPS) is 17.9. The lowest BCUT2D eigenvalue weighted by Crippen LogP contribution is -3.28. The number of hydrogen-bond acceptors (Lipinski definition) is 1. The van der Waals surface area contributed by atoms with E-state index in [-0.39, 0.29) is 0 Å². The van der Waals surface area contributed by atoms with Gasteiger partial charge >= 0.3 is 0 Å². The second-order valence-electron chi connectivity index (χ2n) is 11.8. The average Bonchev–Trinajstić information content (AvgIpc) is 3.37. The van der Waals surface area contributed by atoms with Crippen molar-refractivity contribution in [1.82, 2.24) is 4.57 Å². The van der Waals surface area contributed by atoms with E-state index in [1.807, 2.05) is 0 Å². The molecule has 1 fully saturated rings. The zero-order chi connectivity index (χ0) is 28.3. The minimum Gasteiger partial charge on any atom is -0.385 e. The quantitative estimate of drug-likeness (QED) is 0.256. The number of hydrogen-bond donors (Lipinski definition) is 3. The Kier molecular flexibility index (Phi) is 7.58. The van der Waals surface area contributed by atoms with Crippen molar-refractivity contribution >= 4 is 21.7 Å². The summed E-state index contributed by atoms with van der Waals surface area (Å²) in [5, 5.41) is 15.4. The number of aliphatic hydroxyl groups is 1. The number of aliphatic hydroxyl groups excluding tert-OH is 1. The van der Waals surface area contributed by atoms with E-state index < -0.39 is 6.10 Å². The third kappa shape index (κ3) is 5.37. The van der Waals surface area contributed by atoms with E-state index in [1.54, 1.807) is 4.90 Å². The Morgan fingerprint density at radius 3 is 1.90 bits per heavy atom. The van der Waals surface area contributed by atoms with Gasteiger partial charge in [-0.2, -0.15) is 0 Å². The Morgan fingerprint density at radius 1 is 0.595 bits per heavy atom. The fraction of sp³-hybridized carbons (Fsp3) is 0.211. The van der Waals surface area contributed by atoms with Gasteiger partial charge in [-0.05, 0) is 16.5 Å². The molecular weight excluding hydrogens is 514 g/mol. The average molecular weight is 554 g/mol. The van der Waals surface area contributed by atoms with Gasteiger partial charge in [0.2, 0.25) is 0 Å². The van der Waals surface area contributed by atoms with Crippen molar-refractivity contribution in [3.05, 3.63) is 133 Å². The van der Waals surface area contributed by atoms with Crippen LogP contribution in [-0.2, 0) is 13.1 Å². The minimum absolute atomic E-state index is 0.448. The van der Waals surface area contributed by atoms with Gasteiger partial charge in [0.25, 0.3) is 0 Å². The predicted molar refractivity (Wildman–Crippen MR) is 173 cm³/mol. The molecular formula is C38H39N3O+2. The van der Waals surface area contributed by atoms with Crippen LogP contribution in [0.1, 0.15) is 5.56 Å². The molecule has 0 aliphatic carbocycles. The molecule has 1 aromatic heterocycles. The number of piperazine rings is 1. The summed E-state index contributed by atoms with van der Waals surface area (Å²) in [5.41, 5.74) is 7.41. The monoisotopic (exact) mass is 553 g/mol. The number of aromatic nitrogens is 1. The highest BCUT2D eigenvalue weighted by Crippen LogP contribution is 2.43. The zero-order valence-electron chi connectivity index (χ0n) is 24.0. The Bertz CT molecular complexity index is 1770. The van der Waals surface area contributed by atoms with Crippen LogP contribution in [0.3, 0.4) is 0 Å². The third-order valence-corrected chi connectivity index (χ3v) is 8.94. The van der Waals surface area contributed by atoms with Crippen molar-refractivity contribution in [3.8, 4) is 22.4 Å². The van der Waals surface area contributed by atoms with Crippen LogP contribution in [0.25, 0.3) is 44.1 Å². The molecule has 0 radical (unpaired) electrons. The van der Waals surface area contributed by atoms with Crippen LogP contribution in [0.2, 0.25) is 0 Å². The summed E-state index contributed by atoms with van der Waals surface area (Å²) in [6.45, 7) is 6.87. The smallest absolute Gasteiger partial charge is 0.127 e. The van der Waals surface area contributed by atoms with Gasteiger partial charge in [-0.25, -0.2) is 0 Å². The van der Waals surface area contributed by atoms with E-state index in [1.165, 1.54) is 54.5 Å². The Balaban J connectivity index is 1.23. The molecule has 0 bridgehead atoms. The van der Waals surface area contributed by atoms with Gasteiger partial charge in [-0.3, -0.25) is 0 Å². The Labute approximate surface area is 248 Å². The van der Waals surface area contributed by atoms with Crippen molar-refractivity contribution in [3.63, 3.8) is 0 Å². The zero-order valence-corrected chi connectivity index (χ0v) is 24.0. The van der Waals surface area contributed by atoms with Gasteiger partial charge < -0.3 is 19.5 Å². The molecule has 0 saturated carbocycles. The van der Waals surface area contributed by atoms with Crippen molar-refractivity contribution in [2.75, 3.05) is 32.7 Å². The molecule has 3 N–H and O–H groups in total. The molecule has 0 spiro atoms. The SMILES string of the molecule is O[C@H](Cn1c(-c2ccccc2)c(-c2ccccc2)c2ccc3ccccc3c21)C[NH+]1CC[NH+](Cc2ccccc2)CC1. The van der Waals surface area contributed by atoms with Gasteiger partial charge in [0.15, 0.2) is 0 Å². The maximum absolute atomic E-state index is 11.7. The van der Waals surface area contributed by atoms with Crippen LogP contribution in [0, 0.1) is 0 Å². The van der Waals surface area contributed by atoms with Crippen molar-refractivity contribution < 1.29 is 14.9 Å². The third-order valence-electron chi connectivity index (χ3n) is 8.94. The number of benzene rings is 5. The van der Waals surface area contributed by atoms with Crippen LogP contribution < -0.4 is 9.80 Å². The summed E-state index contributed by atoms with van der Waals surface area (Å²) < 4.78 is 2.41. The standard InChI is InChI=1S/C38H37N3O/c42-33(27-40-24-22-39(23-25-40)26-29-12-4-1-5-13-29)28-41-37(32-17-8-3-9-18-32)36(31-15-6-2-7-16-31)35-21-20-30-14-10-11-19-34(30)38(35)41/h1-21,33,42H,22-28H2/p+2/t33-/m0/s1. The molecule has 0 amide bonds. The number of nitrogens with zero attached hydrogens (tertiary/aromatic N) is 1. The van der Waals surface area contributed by atoms with Gasteiger partial charge in [0.1, 0.15) is 45.4 Å². The Morgan fingerprint density at radius 2 is 1.19 bits per heavy atom. The number of fused-ring (bicyclic) bond motifs is 3. The molecule has 7 rings (SSSR count). The molecule has 2 heterocycles. The molecule has 0 unspecified atom stereocenters. The number of rotatable bonds is 8. The minimum atomic E-state index is -0.448. The first-order chi connectivity index (χ1) is 20.7. The fourth-order valence-electron chi connectivity index (χ4n) is 6.93.